The fourth-order valence-corrected chi connectivity index (χ4v) is 3.39. The Morgan fingerprint density at radius 3 is 2.15 bits per heavy atom. The number of rotatable bonds is 6. The summed E-state index contributed by atoms with van der Waals surface area (Å²) in [6.45, 7) is 4.23. The van der Waals surface area contributed by atoms with E-state index >= 15 is 0 Å². The van der Waals surface area contributed by atoms with Crippen molar-refractivity contribution in [2.45, 2.75) is 24.0 Å². The van der Waals surface area contributed by atoms with Gasteiger partial charge in [-0.05, 0) is 48.5 Å². The van der Waals surface area contributed by atoms with Gasteiger partial charge in [0.25, 0.3) is 5.91 Å². The van der Waals surface area contributed by atoms with Crippen molar-refractivity contribution in [2.75, 3.05) is 5.32 Å². The first-order valence-corrected chi connectivity index (χ1v) is 9.40. The van der Waals surface area contributed by atoms with Crippen molar-refractivity contribution in [3.8, 4) is 11.5 Å². The highest BCUT2D eigenvalue weighted by molar-refractivity contribution is 8.00. The van der Waals surface area contributed by atoms with Gasteiger partial charge >= 0.3 is 0 Å². The van der Waals surface area contributed by atoms with Gasteiger partial charge in [0.15, 0.2) is 0 Å². The first-order valence-electron chi connectivity index (χ1n) is 8.52. The zero-order valence-corrected chi connectivity index (χ0v) is 15.6. The molecule has 1 amide bonds. The average Bonchev–Trinajstić information content (AvgIpc) is 2.64. The number of carbonyl (C=O) groups excluding carboxylic acids is 1. The van der Waals surface area contributed by atoms with E-state index in [-0.39, 0.29) is 5.91 Å². The maximum atomic E-state index is 12.6. The predicted octanol–water partition coefficient (Wildman–Crippen LogP) is 6.23. The van der Waals surface area contributed by atoms with Crippen LogP contribution < -0.4 is 10.1 Å². The van der Waals surface area contributed by atoms with Gasteiger partial charge in [-0.25, -0.2) is 0 Å². The minimum Gasteiger partial charge on any atom is -0.457 e. The van der Waals surface area contributed by atoms with Gasteiger partial charge in [0, 0.05) is 15.8 Å². The molecule has 3 aromatic carbocycles. The van der Waals surface area contributed by atoms with Crippen molar-refractivity contribution in [1.82, 2.24) is 0 Å². The molecule has 0 saturated carbocycles. The molecule has 3 nitrogen and oxygen atoms in total. The maximum absolute atomic E-state index is 12.6. The van der Waals surface area contributed by atoms with Gasteiger partial charge in [0.2, 0.25) is 0 Å². The number of benzene rings is 3. The fourth-order valence-electron chi connectivity index (χ4n) is 2.44. The molecule has 132 valence electrons. The molecular weight excluding hydrogens is 342 g/mol. The molecule has 0 aliphatic rings. The van der Waals surface area contributed by atoms with Gasteiger partial charge in [-0.1, -0.05) is 44.2 Å². The van der Waals surface area contributed by atoms with Crippen molar-refractivity contribution in [2.24, 2.45) is 0 Å². The summed E-state index contributed by atoms with van der Waals surface area (Å²) in [4.78, 5) is 13.6. The average molecular weight is 363 g/mol. The summed E-state index contributed by atoms with van der Waals surface area (Å²) in [6, 6.07) is 24.7. The summed E-state index contributed by atoms with van der Waals surface area (Å²) in [5.41, 5.74) is 1.43. The van der Waals surface area contributed by atoms with Gasteiger partial charge in [-0.15, -0.1) is 11.8 Å². The van der Waals surface area contributed by atoms with Crippen LogP contribution in [-0.2, 0) is 0 Å². The molecule has 3 aromatic rings. The third-order valence-electron chi connectivity index (χ3n) is 3.59. The van der Waals surface area contributed by atoms with E-state index < -0.39 is 0 Å². The Labute approximate surface area is 158 Å². The number of carbonyl (C=O) groups is 1. The number of para-hydroxylation sites is 1. The van der Waals surface area contributed by atoms with Crippen LogP contribution in [-0.4, -0.2) is 11.2 Å². The monoisotopic (exact) mass is 363 g/mol. The third kappa shape index (κ3) is 4.90. The quantitative estimate of drug-likeness (QED) is 0.527. The Kier molecular flexibility index (Phi) is 5.97. The highest BCUT2D eigenvalue weighted by atomic mass is 32.2. The van der Waals surface area contributed by atoms with Crippen LogP contribution in [0, 0.1) is 0 Å². The lowest BCUT2D eigenvalue weighted by Gasteiger charge is -2.12. The molecule has 0 unspecified atom stereocenters. The molecule has 0 atom stereocenters. The SMILES string of the molecule is CC(C)Sc1ccccc1C(=O)Nc1ccc(Oc2ccccc2)cc1. The first kappa shape index (κ1) is 18.1. The maximum Gasteiger partial charge on any atom is 0.256 e. The number of amides is 1. The normalized spacial score (nSPS) is 10.6. The van der Waals surface area contributed by atoms with Gasteiger partial charge in [-0.2, -0.15) is 0 Å². The lowest BCUT2D eigenvalue weighted by Crippen LogP contribution is -2.13. The predicted molar refractivity (Wildman–Crippen MR) is 108 cm³/mol. The number of hydrogen-bond donors (Lipinski definition) is 1. The summed E-state index contributed by atoms with van der Waals surface area (Å²) in [6.07, 6.45) is 0. The second-order valence-electron chi connectivity index (χ2n) is 6.06. The molecule has 1 N–H and O–H groups in total. The molecule has 0 fully saturated rings. The van der Waals surface area contributed by atoms with Crippen LogP contribution in [0.1, 0.15) is 24.2 Å². The Balaban J connectivity index is 1.68. The third-order valence-corrected chi connectivity index (χ3v) is 4.67. The molecule has 0 spiro atoms. The highest BCUT2D eigenvalue weighted by Crippen LogP contribution is 2.28. The Morgan fingerprint density at radius 2 is 1.46 bits per heavy atom. The van der Waals surface area contributed by atoms with Crippen LogP contribution in [0.5, 0.6) is 11.5 Å². The Bertz CT molecular complexity index is 861. The largest absolute Gasteiger partial charge is 0.457 e. The molecular formula is C22H21NO2S. The van der Waals surface area contributed by atoms with Gasteiger partial charge < -0.3 is 10.1 Å². The molecule has 3 rings (SSSR count). The van der Waals surface area contributed by atoms with Gasteiger partial charge in [-0.3, -0.25) is 4.79 Å². The van der Waals surface area contributed by atoms with Crippen LogP contribution in [0.4, 0.5) is 5.69 Å². The Hall–Kier alpha value is -2.72. The van der Waals surface area contributed by atoms with Crippen molar-refractivity contribution >= 4 is 23.4 Å². The summed E-state index contributed by atoms with van der Waals surface area (Å²) >= 11 is 1.69. The van der Waals surface area contributed by atoms with Gasteiger partial charge in [0.1, 0.15) is 11.5 Å². The molecule has 26 heavy (non-hydrogen) atoms. The van der Waals surface area contributed by atoms with Crippen LogP contribution in [0.3, 0.4) is 0 Å². The molecule has 0 aliphatic heterocycles. The topological polar surface area (TPSA) is 38.3 Å². The number of thioether (sulfide) groups is 1. The van der Waals surface area contributed by atoms with E-state index in [2.05, 4.69) is 19.2 Å². The first-order chi connectivity index (χ1) is 12.6. The van der Waals surface area contributed by atoms with Crippen LogP contribution in [0.25, 0.3) is 0 Å². The summed E-state index contributed by atoms with van der Waals surface area (Å²) < 4.78 is 5.77. The van der Waals surface area contributed by atoms with Crippen LogP contribution >= 0.6 is 11.8 Å². The minimum absolute atomic E-state index is 0.106. The zero-order valence-electron chi connectivity index (χ0n) is 14.8. The summed E-state index contributed by atoms with van der Waals surface area (Å²) in [5.74, 6) is 1.40. The van der Waals surface area contributed by atoms with E-state index in [0.717, 1.165) is 22.1 Å². The molecule has 0 bridgehead atoms. The van der Waals surface area contributed by atoms with Crippen LogP contribution in [0.2, 0.25) is 0 Å². The summed E-state index contributed by atoms with van der Waals surface area (Å²) in [7, 11) is 0. The van der Waals surface area contributed by atoms with Crippen LogP contribution in [0.15, 0.2) is 83.8 Å². The number of nitrogens with one attached hydrogen (secondary N) is 1. The number of anilines is 1. The minimum atomic E-state index is -0.106. The standard InChI is InChI=1S/C22H21NO2S/c1-16(2)26-21-11-7-6-10-20(21)22(24)23-17-12-14-19(15-13-17)25-18-8-4-3-5-9-18/h3-16H,1-2H3,(H,23,24). The lowest BCUT2D eigenvalue weighted by molar-refractivity contribution is 0.102. The van der Waals surface area contributed by atoms with E-state index in [1.54, 1.807) is 11.8 Å². The molecule has 0 aromatic heterocycles. The van der Waals surface area contributed by atoms with Crippen molar-refractivity contribution < 1.29 is 9.53 Å². The van der Waals surface area contributed by atoms with Gasteiger partial charge in [0.05, 0.1) is 5.56 Å². The Morgan fingerprint density at radius 1 is 0.846 bits per heavy atom. The van der Waals surface area contributed by atoms with E-state index in [4.69, 9.17) is 4.74 Å². The molecule has 0 heterocycles. The molecule has 0 aliphatic carbocycles. The molecule has 4 heteroatoms. The van der Waals surface area contributed by atoms with E-state index in [9.17, 15) is 4.79 Å². The fraction of sp³-hybridized carbons (Fsp3) is 0.136. The number of ether oxygens (including phenoxy) is 1. The van der Waals surface area contributed by atoms with E-state index in [0.29, 0.717) is 10.8 Å². The second-order valence-corrected chi connectivity index (χ2v) is 7.67. The van der Waals surface area contributed by atoms with E-state index in [1.165, 1.54) is 0 Å². The lowest BCUT2D eigenvalue weighted by atomic mass is 10.2. The summed E-state index contributed by atoms with van der Waals surface area (Å²) in [5, 5.41) is 3.37. The highest BCUT2D eigenvalue weighted by Gasteiger charge is 2.12. The van der Waals surface area contributed by atoms with Crippen molar-refractivity contribution in [1.29, 1.82) is 0 Å². The number of hydrogen-bond acceptors (Lipinski definition) is 3. The second kappa shape index (κ2) is 8.59. The van der Waals surface area contributed by atoms with Crippen molar-refractivity contribution in [3.63, 3.8) is 0 Å². The van der Waals surface area contributed by atoms with Crippen molar-refractivity contribution in [3.05, 3.63) is 84.4 Å². The zero-order chi connectivity index (χ0) is 18.4. The molecule has 0 saturated heterocycles. The smallest absolute Gasteiger partial charge is 0.256 e. The van der Waals surface area contributed by atoms with E-state index in [1.807, 2.05) is 78.9 Å². The molecule has 0 radical (unpaired) electrons.